The van der Waals surface area contributed by atoms with Crippen LogP contribution in [0.15, 0.2) is 51.1 Å². The zero-order chi connectivity index (χ0) is 18.7. The number of para-hydroxylation sites is 1. The van der Waals surface area contributed by atoms with Crippen LogP contribution < -0.4 is 16.6 Å². The Labute approximate surface area is 151 Å². The number of nitrogens with one attached hydrogen (secondary N) is 1. The van der Waals surface area contributed by atoms with Crippen molar-refractivity contribution < 1.29 is 4.79 Å². The lowest BCUT2D eigenvalue weighted by atomic mass is 10.3. The number of nitrogens with zero attached hydrogens (tertiary/aromatic N) is 6. The summed E-state index contributed by atoms with van der Waals surface area (Å²) in [5.74, 6) is -0.247. The highest BCUT2D eigenvalue weighted by atomic mass is 32.2. The molecular formula is C15H15N7O3S. The smallest absolute Gasteiger partial charge is 0.311 e. The fourth-order valence-corrected chi connectivity index (χ4v) is 2.85. The van der Waals surface area contributed by atoms with Crippen LogP contribution >= 0.6 is 11.8 Å². The molecule has 2 aromatic heterocycles. The van der Waals surface area contributed by atoms with Crippen molar-refractivity contribution in [2.45, 2.75) is 5.16 Å². The fourth-order valence-electron chi connectivity index (χ4n) is 2.16. The summed E-state index contributed by atoms with van der Waals surface area (Å²) < 4.78 is 3.67. The average Bonchev–Trinajstić information content (AvgIpc) is 3.12. The lowest BCUT2D eigenvalue weighted by molar-refractivity contribution is -0.113. The molecule has 1 N–H and O–H groups in total. The van der Waals surface area contributed by atoms with E-state index < -0.39 is 11.2 Å². The number of hydrogen-bond acceptors (Lipinski definition) is 7. The van der Waals surface area contributed by atoms with E-state index in [4.69, 9.17) is 0 Å². The van der Waals surface area contributed by atoms with Gasteiger partial charge in [-0.1, -0.05) is 30.0 Å². The van der Waals surface area contributed by atoms with Gasteiger partial charge in [0, 0.05) is 20.2 Å². The van der Waals surface area contributed by atoms with Crippen LogP contribution in [0.2, 0.25) is 0 Å². The van der Waals surface area contributed by atoms with Crippen LogP contribution in [-0.2, 0) is 18.9 Å². The summed E-state index contributed by atoms with van der Waals surface area (Å²) in [6.45, 7) is 0. The van der Waals surface area contributed by atoms with Gasteiger partial charge in [-0.3, -0.25) is 18.7 Å². The molecule has 10 nitrogen and oxygen atoms in total. The summed E-state index contributed by atoms with van der Waals surface area (Å²) >= 11 is 1.14. The second-order valence-electron chi connectivity index (χ2n) is 5.31. The standard InChI is InChI=1S/C15H15N7O3S/c1-20-11(8-13(24)21(2)15(20)25)16-12(23)9-26-14-17-18-19-22(14)10-6-4-3-5-7-10/h3-8H,9H2,1-2H3,(H,16,23). The molecule has 1 aromatic carbocycles. The van der Waals surface area contributed by atoms with Crippen molar-refractivity contribution in [1.29, 1.82) is 0 Å². The first kappa shape index (κ1) is 17.6. The van der Waals surface area contributed by atoms with Gasteiger partial charge in [0.2, 0.25) is 11.1 Å². The van der Waals surface area contributed by atoms with Gasteiger partial charge >= 0.3 is 5.69 Å². The summed E-state index contributed by atoms with van der Waals surface area (Å²) in [5.41, 5.74) is -0.244. The number of amides is 1. The number of aromatic nitrogens is 6. The largest absolute Gasteiger partial charge is 0.332 e. The molecule has 0 fully saturated rings. The molecule has 134 valence electrons. The van der Waals surface area contributed by atoms with E-state index in [-0.39, 0.29) is 17.5 Å². The van der Waals surface area contributed by atoms with Crippen molar-refractivity contribution in [1.82, 2.24) is 29.3 Å². The van der Waals surface area contributed by atoms with Crippen LogP contribution in [-0.4, -0.2) is 41.0 Å². The summed E-state index contributed by atoms with van der Waals surface area (Å²) in [6.07, 6.45) is 0. The lowest BCUT2D eigenvalue weighted by Gasteiger charge is -2.10. The molecule has 0 aliphatic rings. The molecule has 0 bridgehead atoms. The van der Waals surface area contributed by atoms with Gasteiger partial charge in [0.15, 0.2) is 0 Å². The zero-order valence-electron chi connectivity index (χ0n) is 14.0. The molecule has 0 unspecified atom stereocenters. The van der Waals surface area contributed by atoms with E-state index in [1.54, 1.807) is 0 Å². The number of benzene rings is 1. The van der Waals surface area contributed by atoms with E-state index in [9.17, 15) is 14.4 Å². The quantitative estimate of drug-likeness (QED) is 0.615. The molecule has 26 heavy (non-hydrogen) atoms. The molecule has 3 rings (SSSR count). The second kappa shape index (κ2) is 7.35. The topological polar surface area (TPSA) is 117 Å². The van der Waals surface area contributed by atoms with Crippen molar-refractivity contribution in [2.24, 2.45) is 14.1 Å². The summed E-state index contributed by atoms with van der Waals surface area (Å²) in [4.78, 5) is 35.8. The van der Waals surface area contributed by atoms with Crippen molar-refractivity contribution >= 4 is 23.5 Å². The minimum Gasteiger partial charge on any atom is -0.311 e. The lowest BCUT2D eigenvalue weighted by Crippen LogP contribution is -2.38. The molecule has 0 atom stereocenters. The minimum atomic E-state index is -0.520. The molecule has 11 heteroatoms. The van der Waals surface area contributed by atoms with Crippen LogP contribution in [0, 0.1) is 0 Å². The van der Waals surface area contributed by atoms with E-state index in [0.29, 0.717) is 5.16 Å². The van der Waals surface area contributed by atoms with Crippen molar-refractivity contribution in [2.75, 3.05) is 11.1 Å². The molecule has 0 spiro atoms. The molecule has 3 aromatic rings. The van der Waals surface area contributed by atoms with Gasteiger partial charge in [0.25, 0.3) is 5.56 Å². The third-order valence-corrected chi connectivity index (χ3v) is 4.49. The zero-order valence-corrected chi connectivity index (χ0v) is 14.8. The molecule has 0 aliphatic carbocycles. The Kier molecular flexibility index (Phi) is 4.98. The van der Waals surface area contributed by atoms with Gasteiger partial charge in [-0.15, -0.1) is 5.10 Å². The van der Waals surface area contributed by atoms with E-state index >= 15 is 0 Å². The Morgan fingerprint density at radius 3 is 2.62 bits per heavy atom. The number of hydrogen-bond donors (Lipinski definition) is 1. The highest BCUT2D eigenvalue weighted by molar-refractivity contribution is 7.99. The van der Waals surface area contributed by atoms with Gasteiger partial charge in [0.1, 0.15) is 5.82 Å². The third-order valence-electron chi connectivity index (χ3n) is 3.57. The molecule has 0 saturated carbocycles. The summed E-state index contributed by atoms with van der Waals surface area (Å²) in [6, 6.07) is 10.5. The average molecular weight is 373 g/mol. The van der Waals surface area contributed by atoms with E-state index in [1.165, 1.54) is 29.4 Å². The maximum atomic E-state index is 12.2. The van der Waals surface area contributed by atoms with Gasteiger partial charge < -0.3 is 5.32 Å². The van der Waals surface area contributed by atoms with Crippen LogP contribution in [0.4, 0.5) is 5.82 Å². The van der Waals surface area contributed by atoms with Crippen LogP contribution in [0.3, 0.4) is 0 Å². The van der Waals surface area contributed by atoms with Crippen molar-refractivity contribution in [3.8, 4) is 5.69 Å². The van der Waals surface area contributed by atoms with Crippen molar-refractivity contribution in [3.63, 3.8) is 0 Å². The highest BCUT2D eigenvalue weighted by Gasteiger charge is 2.13. The Balaban J connectivity index is 1.71. The first-order valence-corrected chi connectivity index (χ1v) is 8.49. The van der Waals surface area contributed by atoms with E-state index in [2.05, 4.69) is 20.8 Å². The van der Waals surface area contributed by atoms with Crippen LogP contribution in [0.25, 0.3) is 5.69 Å². The molecule has 2 heterocycles. The Bertz CT molecular complexity index is 1060. The molecule has 0 radical (unpaired) electrons. The van der Waals surface area contributed by atoms with Gasteiger partial charge in [-0.05, 0) is 22.6 Å². The van der Waals surface area contributed by atoms with Crippen LogP contribution in [0.5, 0.6) is 0 Å². The Morgan fingerprint density at radius 1 is 1.15 bits per heavy atom. The van der Waals surface area contributed by atoms with Gasteiger partial charge in [-0.2, -0.15) is 4.68 Å². The highest BCUT2D eigenvalue weighted by Crippen LogP contribution is 2.18. The van der Waals surface area contributed by atoms with Gasteiger partial charge in [-0.25, -0.2) is 4.79 Å². The first-order chi connectivity index (χ1) is 12.5. The minimum absolute atomic E-state index is 0.0105. The second-order valence-corrected chi connectivity index (χ2v) is 6.26. The number of anilines is 1. The molecular weight excluding hydrogens is 358 g/mol. The Morgan fingerprint density at radius 2 is 1.88 bits per heavy atom. The first-order valence-electron chi connectivity index (χ1n) is 7.51. The number of thioether (sulfide) groups is 1. The molecule has 1 amide bonds. The van der Waals surface area contributed by atoms with Crippen molar-refractivity contribution in [3.05, 3.63) is 57.2 Å². The maximum Gasteiger partial charge on any atom is 0.332 e. The van der Waals surface area contributed by atoms with E-state index in [1.807, 2.05) is 30.3 Å². The SMILES string of the molecule is Cn1c(NC(=O)CSc2nnnn2-c2ccccc2)cc(=O)n(C)c1=O. The maximum absolute atomic E-state index is 12.2. The Hall–Kier alpha value is -3.21. The molecule has 0 saturated heterocycles. The monoisotopic (exact) mass is 373 g/mol. The number of rotatable bonds is 5. The third kappa shape index (κ3) is 3.57. The molecule has 0 aliphatic heterocycles. The number of carbonyl (C=O) groups excluding carboxylic acids is 1. The van der Waals surface area contributed by atoms with Crippen LogP contribution in [0.1, 0.15) is 0 Å². The number of carbonyl (C=O) groups is 1. The normalized spacial score (nSPS) is 10.7. The summed E-state index contributed by atoms with van der Waals surface area (Å²) in [5, 5.41) is 14.4. The van der Waals surface area contributed by atoms with Gasteiger partial charge in [0.05, 0.1) is 11.4 Å². The fraction of sp³-hybridized carbons (Fsp3) is 0.200. The predicted octanol–water partition coefficient (Wildman–Crippen LogP) is -0.210. The number of tetrazole rings is 1. The predicted molar refractivity (Wildman–Crippen MR) is 95.4 cm³/mol. The summed E-state index contributed by atoms with van der Waals surface area (Å²) in [7, 11) is 2.84. The van der Waals surface area contributed by atoms with E-state index in [0.717, 1.165) is 22.0 Å².